The van der Waals surface area contributed by atoms with Crippen LogP contribution >= 0.6 is 24.0 Å². The predicted octanol–water partition coefficient (Wildman–Crippen LogP) is 4.96. The number of carboxylic acid groups (broad SMARTS) is 1. The molecule has 0 bridgehead atoms. The van der Waals surface area contributed by atoms with Crippen molar-refractivity contribution in [3.05, 3.63) is 77.0 Å². The van der Waals surface area contributed by atoms with E-state index in [1.165, 1.54) is 0 Å². The minimum atomic E-state index is -0.703. The van der Waals surface area contributed by atoms with Crippen molar-refractivity contribution >= 4 is 35.6 Å². The van der Waals surface area contributed by atoms with Gasteiger partial charge in [-0.2, -0.15) is 0 Å². The first-order valence-electron chi connectivity index (χ1n) is 9.22. The van der Waals surface area contributed by atoms with Gasteiger partial charge in [-0.25, -0.2) is 0 Å². The van der Waals surface area contributed by atoms with Crippen LogP contribution in [0.3, 0.4) is 0 Å². The van der Waals surface area contributed by atoms with Crippen LogP contribution in [0.2, 0.25) is 5.02 Å². The van der Waals surface area contributed by atoms with Crippen molar-refractivity contribution in [1.82, 2.24) is 4.90 Å². The maximum Gasteiger partial charge on any atom is 0.307 e. The molecule has 6 heteroatoms. The molecule has 1 aliphatic heterocycles. The minimum Gasteiger partial charge on any atom is -0.499 e. The molecule has 2 aromatic rings. The lowest BCUT2D eigenvalue weighted by Crippen LogP contribution is -2.40. The fraction of sp³-hybridized carbons (Fsp3) is 0.318. The molecule has 0 radical (unpaired) electrons. The highest BCUT2D eigenvalue weighted by Crippen LogP contribution is 2.29. The van der Waals surface area contributed by atoms with E-state index in [1.807, 2.05) is 54.6 Å². The summed E-state index contributed by atoms with van der Waals surface area (Å²) in [6.45, 7) is 2.74. The van der Waals surface area contributed by atoms with Gasteiger partial charge in [-0.05, 0) is 31.0 Å². The molecule has 1 heterocycles. The Labute approximate surface area is 177 Å². The van der Waals surface area contributed by atoms with Crippen molar-refractivity contribution < 1.29 is 14.6 Å². The van der Waals surface area contributed by atoms with Gasteiger partial charge in [-0.1, -0.05) is 60.1 Å². The lowest BCUT2D eigenvalue weighted by atomic mass is 9.98. The average molecular weight is 422 g/mol. The van der Waals surface area contributed by atoms with Crippen molar-refractivity contribution in [3.8, 4) is 0 Å². The predicted molar refractivity (Wildman–Crippen MR) is 115 cm³/mol. The van der Waals surface area contributed by atoms with Gasteiger partial charge in [-0.3, -0.25) is 9.69 Å². The number of halogens is 2. The molecule has 0 unspecified atom stereocenters. The number of hydrogen-bond acceptors (Lipinski definition) is 3. The van der Waals surface area contributed by atoms with Crippen LogP contribution in [0.25, 0.3) is 5.57 Å². The topological polar surface area (TPSA) is 49.8 Å². The Morgan fingerprint density at radius 2 is 1.89 bits per heavy atom. The van der Waals surface area contributed by atoms with Gasteiger partial charge in [-0.15, -0.1) is 12.4 Å². The third-order valence-corrected chi connectivity index (χ3v) is 5.16. The Balaban J connectivity index is 0.00000280. The summed E-state index contributed by atoms with van der Waals surface area (Å²) in [7, 11) is 0. The molecule has 1 aliphatic rings. The summed E-state index contributed by atoms with van der Waals surface area (Å²) in [5.74, 6) is -0.970. The number of hydrogen-bond donors (Lipinski definition) is 1. The number of carbonyl (C=O) groups is 1. The molecule has 1 saturated heterocycles. The van der Waals surface area contributed by atoms with Crippen molar-refractivity contribution in [2.24, 2.45) is 5.92 Å². The first-order chi connectivity index (χ1) is 13.1. The summed E-state index contributed by atoms with van der Waals surface area (Å²) in [4.78, 5) is 13.3. The zero-order valence-corrected chi connectivity index (χ0v) is 17.2. The zero-order valence-electron chi connectivity index (χ0n) is 15.6. The quantitative estimate of drug-likeness (QED) is 0.506. The Hall–Kier alpha value is -2.01. The van der Waals surface area contributed by atoms with E-state index >= 15 is 0 Å². The smallest absolute Gasteiger partial charge is 0.307 e. The van der Waals surface area contributed by atoms with Gasteiger partial charge < -0.3 is 9.84 Å². The number of ether oxygens (including phenoxy) is 1. The third-order valence-electron chi connectivity index (χ3n) is 4.83. The van der Waals surface area contributed by atoms with E-state index in [-0.39, 0.29) is 18.3 Å². The number of aliphatic carboxylic acids is 1. The molecule has 150 valence electrons. The van der Waals surface area contributed by atoms with E-state index in [2.05, 4.69) is 4.90 Å². The molecule has 0 saturated carbocycles. The number of likely N-dealkylation sites (tertiary alicyclic amines) is 1. The summed E-state index contributed by atoms with van der Waals surface area (Å²) in [5.41, 5.74) is 2.90. The third kappa shape index (κ3) is 5.99. The highest BCUT2D eigenvalue weighted by molar-refractivity contribution is 6.32. The van der Waals surface area contributed by atoms with Crippen LogP contribution in [0.15, 0.2) is 60.9 Å². The Bertz CT molecular complexity index is 795. The highest BCUT2D eigenvalue weighted by Gasteiger charge is 2.24. The van der Waals surface area contributed by atoms with Gasteiger partial charge in [0.25, 0.3) is 0 Å². The number of piperidine rings is 1. The van der Waals surface area contributed by atoms with Gasteiger partial charge >= 0.3 is 5.97 Å². The van der Waals surface area contributed by atoms with Gasteiger partial charge in [0.05, 0.1) is 12.2 Å². The zero-order chi connectivity index (χ0) is 19.1. The van der Waals surface area contributed by atoms with Crippen molar-refractivity contribution in [2.45, 2.75) is 12.8 Å². The minimum absolute atomic E-state index is 0. The fourth-order valence-corrected chi connectivity index (χ4v) is 3.61. The summed E-state index contributed by atoms with van der Waals surface area (Å²) in [6.07, 6.45) is 3.44. The molecular weight excluding hydrogens is 397 g/mol. The lowest BCUT2D eigenvalue weighted by molar-refractivity contribution is -0.143. The molecule has 28 heavy (non-hydrogen) atoms. The average Bonchev–Trinajstić information content (AvgIpc) is 2.70. The van der Waals surface area contributed by atoms with Crippen LogP contribution in [0, 0.1) is 5.92 Å². The van der Waals surface area contributed by atoms with Crippen molar-refractivity contribution in [2.75, 3.05) is 26.2 Å². The van der Waals surface area contributed by atoms with E-state index in [4.69, 9.17) is 16.3 Å². The largest absolute Gasteiger partial charge is 0.499 e. The summed E-state index contributed by atoms with van der Waals surface area (Å²) in [6, 6.07) is 17.7. The molecule has 1 atom stereocenters. The molecular formula is C22H25Cl2NO3. The van der Waals surface area contributed by atoms with Crippen LogP contribution in [0.1, 0.15) is 24.0 Å². The monoisotopic (exact) mass is 421 g/mol. The maximum atomic E-state index is 11.2. The first-order valence-corrected chi connectivity index (χ1v) is 9.60. The second kappa shape index (κ2) is 11.1. The van der Waals surface area contributed by atoms with Crippen LogP contribution < -0.4 is 0 Å². The van der Waals surface area contributed by atoms with Gasteiger partial charge in [0, 0.05) is 29.2 Å². The molecule has 0 spiro atoms. The second-order valence-electron chi connectivity index (χ2n) is 6.73. The standard InChI is InChI=1S/C22H24ClNO3.ClH/c23-21-11-5-4-10-19(21)20(17-7-2-1-3-8-17)16-27-14-13-24-12-6-9-18(15-24)22(25)26;/h1-5,7-8,10-11,16,18H,6,9,12-15H2,(H,25,26);1H/b20-16-;/t18-;/m1./s1. The second-order valence-corrected chi connectivity index (χ2v) is 7.13. The Morgan fingerprint density at radius 3 is 2.61 bits per heavy atom. The number of nitrogens with zero attached hydrogens (tertiary/aromatic N) is 1. The van der Waals surface area contributed by atoms with E-state index in [1.54, 1.807) is 6.26 Å². The maximum absolute atomic E-state index is 11.2. The van der Waals surface area contributed by atoms with Crippen molar-refractivity contribution in [1.29, 1.82) is 0 Å². The Morgan fingerprint density at radius 1 is 1.18 bits per heavy atom. The van der Waals surface area contributed by atoms with Crippen LogP contribution in [0.5, 0.6) is 0 Å². The molecule has 1 N–H and O–H groups in total. The molecule has 0 aliphatic carbocycles. The van der Waals surface area contributed by atoms with Crippen LogP contribution in [-0.4, -0.2) is 42.2 Å². The van der Waals surface area contributed by atoms with E-state index in [0.29, 0.717) is 24.7 Å². The van der Waals surface area contributed by atoms with Gasteiger partial charge in [0.2, 0.25) is 0 Å². The molecule has 0 amide bonds. The van der Waals surface area contributed by atoms with Gasteiger partial charge in [0.15, 0.2) is 0 Å². The fourth-order valence-electron chi connectivity index (χ4n) is 3.37. The molecule has 1 fully saturated rings. The van der Waals surface area contributed by atoms with Crippen LogP contribution in [0.4, 0.5) is 0 Å². The summed E-state index contributed by atoms with van der Waals surface area (Å²) >= 11 is 6.39. The number of benzene rings is 2. The number of rotatable bonds is 7. The van der Waals surface area contributed by atoms with Gasteiger partial charge in [0.1, 0.15) is 6.61 Å². The number of carboxylic acids is 1. The highest BCUT2D eigenvalue weighted by atomic mass is 35.5. The Kier molecular flexibility index (Phi) is 8.84. The normalized spacial score (nSPS) is 17.6. The van der Waals surface area contributed by atoms with Crippen LogP contribution in [-0.2, 0) is 9.53 Å². The van der Waals surface area contributed by atoms with E-state index in [9.17, 15) is 9.90 Å². The lowest BCUT2D eigenvalue weighted by Gasteiger charge is -2.30. The summed E-state index contributed by atoms with van der Waals surface area (Å²) < 4.78 is 5.85. The SMILES string of the molecule is Cl.O=C(O)[C@@H]1CCCN(CCO/C=C(/c2ccccc2)c2ccccc2Cl)C1. The van der Waals surface area contributed by atoms with E-state index in [0.717, 1.165) is 36.1 Å². The van der Waals surface area contributed by atoms with E-state index < -0.39 is 5.97 Å². The first kappa shape index (κ1) is 22.3. The molecule has 4 nitrogen and oxygen atoms in total. The molecule has 2 aromatic carbocycles. The summed E-state index contributed by atoms with van der Waals surface area (Å²) in [5, 5.41) is 9.88. The molecule has 0 aromatic heterocycles. The van der Waals surface area contributed by atoms with Crippen molar-refractivity contribution in [3.63, 3.8) is 0 Å². The molecule has 3 rings (SSSR count).